The fourth-order valence-electron chi connectivity index (χ4n) is 4.29. The van der Waals surface area contributed by atoms with Crippen molar-refractivity contribution in [2.24, 2.45) is 0 Å². The second-order valence-electron chi connectivity index (χ2n) is 8.87. The summed E-state index contributed by atoms with van der Waals surface area (Å²) in [5.41, 5.74) is -4.38. The molecule has 16 heteroatoms. The Balaban J connectivity index is 1.74. The lowest BCUT2D eigenvalue weighted by molar-refractivity contribution is -0.126. The Labute approximate surface area is 245 Å². The number of alkyl halides is 3. The maximum absolute atomic E-state index is 14.3. The quantitative estimate of drug-likeness (QED) is 0.0769. The van der Waals surface area contributed by atoms with E-state index in [4.69, 9.17) is 9.47 Å². The maximum Gasteiger partial charge on any atom is 0.534 e. The normalized spacial score (nSPS) is 13.7. The largest absolute Gasteiger partial charge is 0.534 e. The van der Waals surface area contributed by atoms with Crippen molar-refractivity contribution in [1.29, 1.82) is 0 Å². The van der Waals surface area contributed by atoms with E-state index < -0.39 is 27.3 Å². The van der Waals surface area contributed by atoms with E-state index in [1.165, 1.54) is 36.8 Å². The van der Waals surface area contributed by atoms with Crippen molar-refractivity contribution in [2.45, 2.75) is 18.5 Å². The number of thiophene rings is 1. The molecule has 0 unspecified atom stereocenters. The summed E-state index contributed by atoms with van der Waals surface area (Å²) in [6.45, 7) is 4.36. The lowest BCUT2D eigenvalue weighted by Gasteiger charge is -2.24. The fourth-order valence-corrected chi connectivity index (χ4v) is 6.78. The summed E-state index contributed by atoms with van der Waals surface area (Å²) in [5.74, 6) is -1.56. The van der Waals surface area contributed by atoms with Crippen LogP contribution in [0.4, 0.5) is 17.6 Å². The highest BCUT2D eigenvalue weighted by Gasteiger charge is 2.49. The third kappa shape index (κ3) is 5.71. The predicted octanol–water partition coefficient (Wildman–Crippen LogP) is 5.55. The highest BCUT2D eigenvalue weighted by Crippen LogP contribution is 2.47. The van der Waals surface area contributed by atoms with E-state index in [0.29, 0.717) is 39.4 Å². The van der Waals surface area contributed by atoms with Crippen molar-refractivity contribution in [3.05, 3.63) is 58.7 Å². The zero-order valence-corrected chi connectivity index (χ0v) is 24.2. The monoisotopic (exact) mass is 643 g/mol. The van der Waals surface area contributed by atoms with Crippen LogP contribution in [0.5, 0.6) is 11.6 Å². The highest BCUT2D eigenvalue weighted by atomic mass is 32.2. The molecule has 1 aliphatic rings. The smallest absolute Gasteiger partial charge is 0.490 e. The van der Waals surface area contributed by atoms with Crippen molar-refractivity contribution in [1.82, 2.24) is 14.9 Å². The van der Waals surface area contributed by atoms with Crippen LogP contribution in [0.15, 0.2) is 42.3 Å². The van der Waals surface area contributed by atoms with Crippen molar-refractivity contribution < 1.29 is 44.4 Å². The molecule has 222 valence electrons. The van der Waals surface area contributed by atoms with E-state index >= 15 is 0 Å². The lowest BCUT2D eigenvalue weighted by Crippen LogP contribution is -2.34. The number of pyridine rings is 1. The Morgan fingerprint density at radius 3 is 2.71 bits per heavy atom. The highest BCUT2D eigenvalue weighted by molar-refractivity contribution is 7.88. The minimum Gasteiger partial charge on any atom is -0.490 e. The molecule has 0 saturated carbocycles. The number of benzene rings is 1. The van der Waals surface area contributed by atoms with Gasteiger partial charge in [0.1, 0.15) is 28.9 Å². The third-order valence-electron chi connectivity index (χ3n) is 6.22. The maximum atomic E-state index is 14.3. The molecule has 4 heterocycles. The average Bonchev–Trinajstić information content (AvgIpc) is 3.60. The molecule has 0 saturated heterocycles. The van der Waals surface area contributed by atoms with Crippen LogP contribution in [-0.2, 0) is 32.6 Å². The van der Waals surface area contributed by atoms with Gasteiger partial charge in [0.15, 0.2) is 0 Å². The molecule has 0 aliphatic carbocycles. The number of fused-ring (bicyclic) bond motifs is 2. The van der Waals surface area contributed by atoms with E-state index in [9.17, 15) is 30.8 Å². The number of nitrogens with zero attached hydrogens (tertiary/aromatic N) is 3. The molecule has 5 rings (SSSR count). The summed E-state index contributed by atoms with van der Waals surface area (Å²) in [6.07, 6.45) is 1.59. The molecule has 0 spiro atoms. The van der Waals surface area contributed by atoms with E-state index in [2.05, 4.69) is 20.7 Å². The lowest BCUT2D eigenvalue weighted by atomic mass is 10.0. The Morgan fingerprint density at radius 2 is 2.00 bits per heavy atom. The Bertz CT molecular complexity index is 1790. The number of aromatic nitrogens is 2. The molecule has 9 nitrogen and oxygen atoms in total. The first-order valence-corrected chi connectivity index (χ1v) is 15.3. The molecule has 3 aromatic heterocycles. The summed E-state index contributed by atoms with van der Waals surface area (Å²) in [5, 5.41) is 1.76. The number of halogens is 4. The van der Waals surface area contributed by atoms with Crippen molar-refractivity contribution in [3.63, 3.8) is 0 Å². The Kier molecular flexibility index (Phi) is 8.24. The molecule has 0 N–H and O–H groups in total. The van der Waals surface area contributed by atoms with Crippen LogP contribution < -0.4 is 8.92 Å². The zero-order valence-electron chi connectivity index (χ0n) is 21.7. The number of carbonyl (C=O) groups excluding carboxylic acids is 1. The number of methoxy groups -OCH3 is 1. The number of hydrogen-bond acceptors (Lipinski definition) is 10. The minimum absolute atomic E-state index is 0.00141. The molecule has 0 bridgehead atoms. The SMILES string of the molecule is C=CC(=O)N1CCc2nc(-c3nc(OS(=O)(=O)C(F)(F)F)c4ccsc4c3-c3ccc(F)cc3OCCOC)sc2C1. The Hall–Kier alpha value is -3.60. The first-order chi connectivity index (χ1) is 19.9. The van der Waals surface area contributed by atoms with Crippen LogP contribution in [0.25, 0.3) is 31.9 Å². The molecular weight excluding hydrogens is 622 g/mol. The standard InChI is InChI=1S/C26H21F4N3O6S3/c1-3-20(34)33-8-6-17-19(13-33)41-25(31-17)22-21(15-5-4-14(27)12-18(15)38-10-9-37-2)23-16(7-11-40-23)24(32-22)39-42(35,36)26(28,29)30/h3-5,7,11-12H,1,6,8-10,13H2,2H3. The second kappa shape index (κ2) is 11.6. The van der Waals surface area contributed by atoms with Gasteiger partial charge in [-0.25, -0.2) is 14.4 Å². The van der Waals surface area contributed by atoms with Gasteiger partial charge in [0.25, 0.3) is 0 Å². The fraction of sp³-hybridized carbons (Fsp3) is 0.269. The second-order valence-corrected chi connectivity index (χ2v) is 12.4. The molecule has 4 aromatic rings. The molecule has 1 aromatic carbocycles. The topological polar surface area (TPSA) is 108 Å². The number of hydrogen-bond donors (Lipinski definition) is 0. The number of carbonyl (C=O) groups is 1. The van der Waals surface area contributed by atoms with Crippen LogP contribution in [0.2, 0.25) is 0 Å². The number of ether oxygens (including phenoxy) is 2. The number of thiazole rings is 1. The van der Waals surface area contributed by atoms with E-state index in [1.54, 1.807) is 4.90 Å². The van der Waals surface area contributed by atoms with Crippen LogP contribution >= 0.6 is 22.7 Å². The molecule has 42 heavy (non-hydrogen) atoms. The number of rotatable bonds is 9. The van der Waals surface area contributed by atoms with Gasteiger partial charge in [-0.15, -0.1) is 22.7 Å². The first kappa shape index (κ1) is 29.9. The third-order valence-corrected chi connectivity index (χ3v) is 9.19. The molecule has 1 amide bonds. The van der Waals surface area contributed by atoms with Crippen LogP contribution in [-0.4, -0.2) is 61.6 Å². The predicted molar refractivity (Wildman–Crippen MR) is 148 cm³/mol. The molecule has 0 fully saturated rings. The summed E-state index contributed by atoms with van der Waals surface area (Å²) < 4.78 is 93.8. The van der Waals surface area contributed by atoms with Crippen LogP contribution in [0.3, 0.4) is 0 Å². The van der Waals surface area contributed by atoms with Crippen LogP contribution in [0.1, 0.15) is 10.6 Å². The Morgan fingerprint density at radius 1 is 1.21 bits per heavy atom. The molecular formula is C26H21F4N3O6S3. The van der Waals surface area contributed by atoms with Gasteiger partial charge in [0, 0.05) is 46.8 Å². The minimum atomic E-state index is -6.06. The van der Waals surface area contributed by atoms with E-state index in [0.717, 1.165) is 28.7 Å². The number of amides is 1. The van der Waals surface area contributed by atoms with Gasteiger partial charge in [-0.2, -0.15) is 21.6 Å². The molecule has 1 aliphatic heterocycles. The van der Waals surface area contributed by atoms with Gasteiger partial charge >= 0.3 is 15.6 Å². The van der Waals surface area contributed by atoms with E-state index in [1.807, 2.05) is 0 Å². The van der Waals surface area contributed by atoms with E-state index in [-0.39, 0.29) is 47.5 Å². The summed E-state index contributed by atoms with van der Waals surface area (Å²) in [7, 11) is -4.60. The van der Waals surface area contributed by atoms with Crippen LogP contribution in [0, 0.1) is 5.82 Å². The van der Waals surface area contributed by atoms with Crippen molar-refractivity contribution in [3.8, 4) is 33.5 Å². The van der Waals surface area contributed by atoms with Crippen molar-refractivity contribution in [2.75, 3.05) is 26.9 Å². The summed E-state index contributed by atoms with van der Waals surface area (Å²) in [6, 6.07) is 5.15. The first-order valence-electron chi connectivity index (χ1n) is 12.2. The average molecular weight is 644 g/mol. The van der Waals surface area contributed by atoms with Gasteiger partial charge in [-0.3, -0.25) is 4.79 Å². The molecule has 0 atom stereocenters. The van der Waals surface area contributed by atoms with Gasteiger partial charge in [-0.05, 0) is 29.7 Å². The zero-order chi connectivity index (χ0) is 30.2. The molecule has 0 radical (unpaired) electrons. The summed E-state index contributed by atoms with van der Waals surface area (Å²) in [4.78, 5) is 23.4. The van der Waals surface area contributed by atoms with Gasteiger partial charge in [-0.1, -0.05) is 6.58 Å². The van der Waals surface area contributed by atoms with Gasteiger partial charge in [0.2, 0.25) is 11.8 Å². The van der Waals surface area contributed by atoms with Gasteiger partial charge in [0.05, 0.1) is 24.2 Å². The summed E-state index contributed by atoms with van der Waals surface area (Å²) >= 11 is 2.23. The van der Waals surface area contributed by atoms with Gasteiger partial charge < -0.3 is 18.6 Å². The van der Waals surface area contributed by atoms with Crippen molar-refractivity contribution >= 4 is 48.8 Å².